The summed E-state index contributed by atoms with van der Waals surface area (Å²) in [5.74, 6) is -0.920. The van der Waals surface area contributed by atoms with Crippen LogP contribution in [0.2, 0.25) is 0 Å². The Morgan fingerprint density at radius 3 is 2.38 bits per heavy atom. The zero-order chi connectivity index (χ0) is 11.8. The van der Waals surface area contributed by atoms with E-state index in [1.165, 1.54) is 6.26 Å². The van der Waals surface area contributed by atoms with Gasteiger partial charge in [0.2, 0.25) is 0 Å². The van der Waals surface area contributed by atoms with Crippen LogP contribution in [0.3, 0.4) is 0 Å². The minimum Gasteiger partial charge on any atom is -0.466 e. The van der Waals surface area contributed by atoms with Crippen LogP contribution >= 0.6 is 0 Å². The Kier molecular flexibility index (Phi) is 2.74. The second-order valence-corrected chi connectivity index (χ2v) is 4.32. The van der Waals surface area contributed by atoms with E-state index in [4.69, 9.17) is 4.42 Å². The maximum atomic E-state index is 12.4. The molecule has 0 saturated heterocycles. The number of rotatable bonds is 1. The van der Waals surface area contributed by atoms with Crippen molar-refractivity contribution in [1.29, 1.82) is 0 Å². The van der Waals surface area contributed by atoms with Crippen molar-refractivity contribution in [3.05, 3.63) is 24.2 Å². The van der Waals surface area contributed by atoms with Gasteiger partial charge in [-0.25, -0.2) is 0 Å². The van der Waals surface area contributed by atoms with E-state index in [-0.39, 0.29) is 25.7 Å². The molecule has 1 aromatic heterocycles. The van der Waals surface area contributed by atoms with Gasteiger partial charge in [-0.1, -0.05) is 0 Å². The van der Waals surface area contributed by atoms with Gasteiger partial charge in [0, 0.05) is 0 Å². The molecule has 2 nitrogen and oxygen atoms in total. The fraction of sp³-hybridized carbons (Fsp3) is 0.636. The standard InChI is InChI=1S/C11H13F3O2/c12-11(13,14)8-3-5-10(15,6-4-8)9-2-1-7-16-9/h1-2,7-8,15H,3-6H2. The van der Waals surface area contributed by atoms with Gasteiger partial charge in [-0.3, -0.25) is 0 Å². The first-order valence-corrected chi connectivity index (χ1v) is 5.25. The second-order valence-electron chi connectivity index (χ2n) is 4.32. The molecule has 1 aliphatic carbocycles. The van der Waals surface area contributed by atoms with E-state index in [1.54, 1.807) is 12.1 Å². The highest BCUT2D eigenvalue weighted by Gasteiger charge is 2.46. The molecule has 16 heavy (non-hydrogen) atoms. The SMILES string of the molecule is OC1(c2ccco2)CCC(C(F)(F)F)CC1. The number of aliphatic hydroxyl groups is 1. The fourth-order valence-corrected chi connectivity index (χ4v) is 2.21. The Morgan fingerprint density at radius 2 is 1.94 bits per heavy atom. The van der Waals surface area contributed by atoms with E-state index in [0.717, 1.165) is 0 Å². The predicted molar refractivity (Wildman–Crippen MR) is 50.6 cm³/mol. The number of hydrogen-bond donors (Lipinski definition) is 1. The molecule has 0 spiro atoms. The van der Waals surface area contributed by atoms with Crippen LogP contribution in [0.5, 0.6) is 0 Å². The third-order valence-corrected chi connectivity index (χ3v) is 3.26. The van der Waals surface area contributed by atoms with Crippen molar-refractivity contribution in [3.63, 3.8) is 0 Å². The normalized spacial score (nSPS) is 31.6. The predicted octanol–water partition coefficient (Wildman–Crippen LogP) is 3.22. The lowest BCUT2D eigenvalue weighted by Gasteiger charge is -2.35. The molecule has 0 bridgehead atoms. The van der Waals surface area contributed by atoms with Crippen molar-refractivity contribution in [2.75, 3.05) is 0 Å². The summed E-state index contributed by atoms with van der Waals surface area (Å²) < 4.78 is 42.4. The topological polar surface area (TPSA) is 33.4 Å². The van der Waals surface area contributed by atoms with Crippen LogP contribution in [0.1, 0.15) is 31.4 Å². The van der Waals surface area contributed by atoms with E-state index < -0.39 is 17.7 Å². The highest BCUT2D eigenvalue weighted by molar-refractivity contribution is 5.10. The monoisotopic (exact) mass is 234 g/mol. The number of furan rings is 1. The van der Waals surface area contributed by atoms with Crippen LogP contribution in [0.25, 0.3) is 0 Å². The van der Waals surface area contributed by atoms with Crippen LogP contribution in [-0.2, 0) is 5.60 Å². The van der Waals surface area contributed by atoms with Gasteiger partial charge in [0.15, 0.2) is 0 Å². The van der Waals surface area contributed by atoms with Crippen molar-refractivity contribution in [3.8, 4) is 0 Å². The molecule has 1 heterocycles. The first-order chi connectivity index (χ1) is 7.42. The quantitative estimate of drug-likeness (QED) is 0.809. The number of halogens is 3. The molecule has 90 valence electrons. The van der Waals surface area contributed by atoms with Gasteiger partial charge in [0.1, 0.15) is 11.4 Å². The van der Waals surface area contributed by atoms with E-state index in [1.807, 2.05) is 0 Å². The smallest absolute Gasteiger partial charge is 0.391 e. The molecule has 5 heteroatoms. The molecule has 0 unspecified atom stereocenters. The van der Waals surface area contributed by atoms with Gasteiger partial charge in [0.25, 0.3) is 0 Å². The first-order valence-electron chi connectivity index (χ1n) is 5.25. The molecule has 1 saturated carbocycles. The maximum absolute atomic E-state index is 12.4. The summed E-state index contributed by atoms with van der Waals surface area (Å²) in [6.45, 7) is 0. The minimum atomic E-state index is -4.15. The highest BCUT2D eigenvalue weighted by Crippen LogP contribution is 2.45. The maximum Gasteiger partial charge on any atom is 0.391 e. The fourth-order valence-electron chi connectivity index (χ4n) is 2.21. The van der Waals surface area contributed by atoms with Crippen LogP contribution in [0.4, 0.5) is 13.2 Å². The Hall–Kier alpha value is -0.970. The first kappa shape index (κ1) is 11.5. The van der Waals surface area contributed by atoms with Crippen molar-refractivity contribution < 1.29 is 22.7 Å². The van der Waals surface area contributed by atoms with Crippen LogP contribution in [-0.4, -0.2) is 11.3 Å². The number of alkyl halides is 3. The second kappa shape index (κ2) is 3.80. The lowest BCUT2D eigenvalue weighted by Crippen LogP contribution is -2.36. The van der Waals surface area contributed by atoms with Gasteiger partial charge >= 0.3 is 6.18 Å². The summed E-state index contributed by atoms with van der Waals surface area (Å²) >= 11 is 0. The van der Waals surface area contributed by atoms with E-state index in [9.17, 15) is 18.3 Å². The van der Waals surface area contributed by atoms with Gasteiger partial charge in [-0.05, 0) is 37.8 Å². The Labute approximate surface area is 91.1 Å². The molecule has 1 aliphatic rings. The van der Waals surface area contributed by atoms with Crippen LogP contribution in [0, 0.1) is 5.92 Å². The third kappa shape index (κ3) is 2.09. The summed E-state index contributed by atoms with van der Waals surface area (Å²) in [5.41, 5.74) is -1.22. The Balaban J connectivity index is 2.05. The summed E-state index contributed by atoms with van der Waals surface area (Å²) in [5, 5.41) is 10.2. The molecule has 2 rings (SSSR count). The Bertz CT molecular complexity index is 335. The summed E-state index contributed by atoms with van der Waals surface area (Å²) in [6.07, 6.45) is -2.61. The van der Waals surface area contributed by atoms with Crippen molar-refractivity contribution >= 4 is 0 Å². The average Bonchev–Trinajstić information content (AvgIpc) is 2.70. The van der Waals surface area contributed by atoms with E-state index >= 15 is 0 Å². The van der Waals surface area contributed by atoms with Gasteiger partial charge in [-0.15, -0.1) is 0 Å². The molecule has 1 N–H and O–H groups in total. The van der Waals surface area contributed by atoms with Gasteiger partial charge < -0.3 is 9.52 Å². The molecule has 0 aromatic carbocycles. The summed E-state index contributed by atoms with van der Waals surface area (Å²) in [4.78, 5) is 0. The molecule has 0 amide bonds. The largest absolute Gasteiger partial charge is 0.466 e. The number of hydrogen-bond acceptors (Lipinski definition) is 2. The zero-order valence-corrected chi connectivity index (χ0v) is 8.63. The summed E-state index contributed by atoms with van der Waals surface area (Å²) in [6, 6.07) is 3.23. The van der Waals surface area contributed by atoms with Crippen molar-refractivity contribution in [2.45, 2.75) is 37.5 Å². The molecule has 0 atom stereocenters. The molecule has 0 radical (unpaired) electrons. The van der Waals surface area contributed by atoms with Crippen LogP contribution < -0.4 is 0 Å². The summed E-state index contributed by atoms with van der Waals surface area (Å²) in [7, 11) is 0. The van der Waals surface area contributed by atoms with E-state index in [2.05, 4.69) is 0 Å². The lowest BCUT2D eigenvalue weighted by atomic mass is 9.77. The van der Waals surface area contributed by atoms with Crippen molar-refractivity contribution in [2.24, 2.45) is 5.92 Å². The lowest BCUT2D eigenvalue weighted by molar-refractivity contribution is -0.194. The Morgan fingerprint density at radius 1 is 1.31 bits per heavy atom. The average molecular weight is 234 g/mol. The molecule has 1 fully saturated rings. The minimum absolute atomic E-state index is 0.0410. The molecule has 0 aliphatic heterocycles. The van der Waals surface area contributed by atoms with E-state index in [0.29, 0.717) is 5.76 Å². The molecular formula is C11H13F3O2. The highest BCUT2D eigenvalue weighted by atomic mass is 19.4. The third-order valence-electron chi connectivity index (χ3n) is 3.26. The van der Waals surface area contributed by atoms with Gasteiger partial charge in [-0.2, -0.15) is 13.2 Å². The molecule has 1 aromatic rings. The van der Waals surface area contributed by atoms with Gasteiger partial charge in [0.05, 0.1) is 12.2 Å². The van der Waals surface area contributed by atoms with Crippen LogP contribution in [0.15, 0.2) is 22.8 Å². The zero-order valence-electron chi connectivity index (χ0n) is 8.63. The van der Waals surface area contributed by atoms with Crippen molar-refractivity contribution in [1.82, 2.24) is 0 Å². The molecular weight excluding hydrogens is 221 g/mol.